The number of benzene rings is 1. The average molecular weight is 234 g/mol. The Labute approximate surface area is 106 Å². The van der Waals surface area contributed by atoms with Crippen molar-refractivity contribution in [2.75, 3.05) is 0 Å². The molecule has 0 aliphatic heterocycles. The van der Waals surface area contributed by atoms with E-state index < -0.39 is 0 Å². The summed E-state index contributed by atoms with van der Waals surface area (Å²) in [6.07, 6.45) is 2.67. The number of hydrogen-bond acceptors (Lipinski definition) is 1. The lowest BCUT2D eigenvalue weighted by atomic mass is 9.98. The van der Waals surface area contributed by atoms with E-state index in [9.17, 15) is 0 Å². The molecule has 0 fully saturated rings. The van der Waals surface area contributed by atoms with E-state index in [0.29, 0.717) is 0 Å². The minimum Gasteiger partial charge on any atom is -0.490 e. The van der Waals surface area contributed by atoms with Gasteiger partial charge in [-0.1, -0.05) is 26.0 Å². The first-order valence-electron chi connectivity index (χ1n) is 6.67. The molecule has 0 saturated carbocycles. The predicted octanol–water partition coefficient (Wildman–Crippen LogP) is 4.68. The lowest BCUT2D eigenvalue weighted by molar-refractivity contribution is 0.239. The summed E-state index contributed by atoms with van der Waals surface area (Å²) in [7, 11) is 0. The lowest BCUT2D eigenvalue weighted by Gasteiger charge is -2.17. The zero-order valence-electron chi connectivity index (χ0n) is 12.1. The number of hydrogen-bond donors (Lipinski definition) is 0. The first-order valence-corrected chi connectivity index (χ1v) is 6.67. The van der Waals surface area contributed by atoms with Crippen LogP contribution in [-0.2, 0) is 6.42 Å². The molecule has 0 aromatic heterocycles. The third-order valence-electron chi connectivity index (χ3n) is 2.88. The van der Waals surface area contributed by atoms with Crippen LogP contribution in [0.2, 0.25) is 0 Å². The summed E-state index contributed by atoms with van der Waals surface area (Å²) in [4.78, 5) is 0. The molecule has 0 N–H and O–H groups in total. The highest BCUT2D eigenvalue weighted by molar-refractivity contribution is 5.43. The van der Waals surface area contributed by atoms with Crippen LogP contribution in [0.1, 0.15) is 50.8 Å². The van der Waals surface area contributed by atoms with E-state index in [1.807, 2.05) is 0 Å². The standard InChI is InChI=1S/C16H26O/c1-11(2)7-8-15-9-13(5)16(14(6)10-15)17-12(3)4/h9-12H,7-8H2,1-6H3. The van der Waals surface area contributed by atoms with Crippen molar-refractivity contribution in [1.82, 2.24) is 0 Å². The molecule has 0 atom stereocenters. The highest BCUT2D eigenvalue weighted by Crippen LogP contribution is 2.26. The van der Waals surface area contributed by atoms with E-state index in [1.54, 1.807) is 0 Å². The second-order valence-electron chi connectivity index (χ2n) is 5.66. The Balaban J connectivity index is 2.85. The Morgan fingerprint density at radius 3 is 1.94 bits per heavy atom. The molecule has 0 radical (unpaired) electrons. The largest absolute Gasteiger partial charge is 0.490 e. The van der Waals surface area contributed by atoms with Crippen LogP contribution >= 0.6 is 0 Å². The zero-order valence-corrected chi connectivity index (χ0v) is 12.1. The Hall–Kier alpha value is -0.980. The Morgan fingerprint density at radius 2 is 1.53 bits per heavy atom. The highest BCUT2D eigenvalue weighted by atomic mass is 16.5. The average Bonchev–Trinajstić information content (AvgIpc) is 2.20. The van der Waals surface area contributed by atoms with Crippen LogP contribution in [0.5, 0.6) is 5.75 Å². The zero-order chi connectivity index (χ0) is 13.0. The first-order chi connectivity index (χ1) is 7.90. The molecule has 1 aromatic rings. The van der Waals surface area contributed by atoms with Crippen LogP contribution < -0.4 is 4.74 Å². The Morgan fingerprint density at radius 1 is 1.00 bits per heavy atom. The molecule has 0 bridgehead atoms. The second kappa shape index (κ2) is 6.09. The summed E-state index contributed by atoms with van der Waals surface area (Å²) in [6.45, 7) is 13.0. The molecule has 0 amide bonds. The van der Waals surface area contributed by atoms with Crippen molar-refractivity contribution in [3.05, 3.63) is 28.8 Å². The molecule has 0 saturated heterocycles. The van der Waals surface area contributed by atoms with Gasteiger partial charge in [0.25, 0.3) is 0 Å². The quantitative estimate of drug-likeness (QED) is 0.719. The van der Waals surface area contributed by atoms with E-state index >= 15 is 0 Å². The maximum Gasteiger partial charge on any atom is 0.125 e. The van der Waals surface area contributed by atoms with Crippen molar-refractivity contribution < 1.29 is 4.74 Å². The van der Waals surface area contributed by atoms with Crippen LogP contribution in [0.4, 0.5) is 0 Å². The molecule has 0 aliphatic rings. The van der Waals surface area contributed by atoms with Gasteiger partial charge >= 0.3 is 0 Å². The van der Waals surface area contributed by atoms with Crippen molar-refractivity contribution in [1.29, 1.82) is 0 Å². The van der Waals surface area contributed by atoms with Crippen LogP contribution in [0.15, 0.2) is 12.1 Å². The van der Waals surface area contributed by atoms with E-state index in [1.165, 1.54) is 29.5 Å². The van der Waals surface area contributed by atoms with Gasteiger partial charge in [-0.15, -0.1) is 0 Å². The normalized spacial score (nSPS) is 11.3. The summed E-state index contributed by atoms with van der Waals surface area (Å²) in [5.74, 6) is 1.83. The Bertz CT molecular complexity index is 341. The van der Waals surface area contributed by atoms with Gasteiger partial charge in [-0.25, -0.2) is 0 Å². The monoisotopic (exact) mass is 234 g/mol. The van der Waals surface area contributed by atoms with Gasteiger partial charge in [-0.05, 0) is 63.1 Å². The fraction of sp³-hybridized carbons (Fsp3) is 0.625. The molecule has 1 aromatic carbocycles. The fourth-order valence-electron chi connectivity index (χ4n) is 2.06. The van der Waals surface area contributed by atoms with Gasteiger partial charge in [0.15, 0.2) is 0 Å². The minimum atomic E-state index is 0.244. The molecule has 0 heterocycles. The van der Waals surface area contributed by atoms with Gasteiger partial charge in [-0.3, -0.25) is 0 Å². The molecular weight excluding hydrogens is 208 g/mol. The maximum absolute atomic E-state index is 5.86. The number of rotatable bonds is 5. The van der Waals surface area contributed by atoms with E-state index in [0.717, 1.165) is 11.7 Å². The SMILES string of the molecule is Cc1cc(CCC(C)C)cc(C)c1OC(C)C. The van der Waals surface area contributed by atoms with Crippen molar-refractivity contribution in [3.63, 3.8) is 0 Å². The topological polar surface area (TPSA) is 9.23 Å². The molecule has 0 aliphatic carbocycles. The van der Waals surface area contributed by atoms with Crippen molar-refractivity contribution in [2.45, 2.75) is 60.5 Å². The smallest absolute Gasteiger partial charge is 0.125 e. The summed E-state index contributed by atoms with van der Waals surface area (Å²) >= 11 is 0. The molecule has 96 valence electrons. The summed E-state index contributed by atoms with van der Waals surface area (Å²) in [5, 5.41) is 0. The molecular formula is C16H26O. The van der Waals surface area contributed by atoms with E-state index in [-0.39, 0.29) is 6.10 Å². The van der Waals surface area contributed by atoms with Gasteiger partial charge in [0, 0.05) is 0 Å². The summed E-state index contributed by atoms with van der Waals surface area (Å²) in [5.41, 5.74) is 3.96. The van der Waals surface area contributed by atoms with Gasteiger partial charge in [0.2, 0.25) is 0 Å². The first kappa shape index (κ1) is 14.1. The highest BCUT2D eigenvalue weighted by Gasteiger charge is 2.08. The number of aryl methyl sites for hydroxylation is 3. The predicted molar refractivity (Wildman–Crippen MR) is 74.8 cm³/mol. The van der Waals surface area contributed by atoms with E-state index in [4.69, 9.17) is 4.74 Å². The van der Waals surface area contributed by atoms with Gasteiger partial charge in [0.05, 0.1) is 6.10 Å². The van der Waals surface area contributed by atoms with Crippen LogP contribution in [0.3, 0.4) is 0 Å². The minimum absolute atomic E-state index is 0.244. The van der Waals surface area contributed by atoms with Crippen LogP contribution in [0, 0.1) is 19.8 Å². The second-order valence-corrected chi connectivity index (χ2v) is 5.66. The maximum atomic E-state index is 5.86. The van der Waals surface area contributed by atoms with Crippen LogP contribution in [0.25, 0.3) is 0 Å². The van der Waals surface area contributed by atoms with Crippen molar-refractivity contribution in [3.8, 4) is 5.75 Å². The van der Waals surface area contributed by atoms with Crippen molar-refractivity contribution in [2.24, 2.45) is 5.92 Å². The van der Waals surface area contributed by atoms with Gasteiger partial charge < -0.3 is 4.74 Å². The molecule has 1 rings (SSSR count). The number of ether oxygens (including phenoxy) is 1. The molecule has 17 heavy (non-hydrogen) atoms. The summed E-state index contributed by atoms with van der Waals surface area (Å²) < 4.78 is 5.86. The lowest BCUT2D eigenvalue weighted by Crippen LogP contribution is -2.08. The van der Waals surface area contributed by atoms with Gasteiger partial charge in [0.1, 0.15) is 5.75 Å². The molecule has 0 unspecified atom stereocenters. The van der Waals surface area contributed by atoms with Gasteiger partial charge in [-0.2, -0.15) is 0 Å². The summed E-state index contributed by atoms with van der Waals surface area (Å²) in [6, 6.07) is 4.54. The molecule has 1 heteroatoms. The molecule has 1 nitrogen and oxygen atoms in total. The third kappa shape index (κ3) is 4.41. The van der Waals surface area contributed by atoms with Crippen molar-refractivity contribution >= 4 is 0 Å². The van der Waals surface area contributed by atoms with Crippen LogP contribution in [-0.4, -0.2) is 6.10 Å². The Kier molecular flexibility index (Phi) is 5.04. The third-order valence-corrected chi connectivity index (χ3v) is 2.88. The van der Waals surface area contributed by atoms with E-state index in [2.05, 4.69) is 53.7 Å². The molecule has 0 spiro atoms. The fourth-order valence-corrected chi connectivity index (χ4v) is 2.06.